The second-order valence-corrected chi connectivity index (χ2v) is 6.16. The van der Waals surface area contributed by atoms with Crippen LogP contribution in [0.1, 0.15) is 57.2 Å². The van der Waals surface area contributed by atoms with Gasteiger partial charge in [0, 0.05) is 32.1 Å². The highest BCUT2D eigenvalue weighted by molar-refractivity contribution is 5.73. The van der Waals surface area contributed by atoms with Gasteiger partial charge in [-0.1, -0.05) is 37.6 Å². The average molecular weight is 288 g/mol. The van der Waals surface area contributed by atoms with Crippen LogP contribution in [0.2, 0.25) is 0 Å². The lowest BCUT2D eigenvalue weighted by Crippen LogP contribution is -2.44. The molecule has 3 nitrogen and oxygen atoms in total. The normalized spacial score (nSPS) is 17.8. The Morgan fingerprint density at radius 3 is 2.43 bits per heavy atom. The third-order valence-electron chi connectivity index (χ3n) is 4.44. The maximum atomic E-state index is 11.3. The molecule has 1 unspecified atom stereocenters. The van der Waals surface area contributed by atoms with E-state index in [0.717, 1.165) is 32.4 Å². The molecule has 0 aliphatic carbocycles. The SMILES string of the molecule is CCCc1ccc(C(C)NC2CCN(C(C)=O)CC2)cc1. The molecule has 0 bridgehead atoms. The van der Waals surface area contributed by atoms with E-state index in [1.165, 1.54) is 17.5 Å². The van der Waals surface area contributed by atoms with Crippen molar-refractivity contribution < 1.29 is 4.79 Å². The van der Waals surface area contributed by atoms with Crippen molar-refractivity contribution in [1.29, 1.82) is 0 Å². The number of benzene rings is 1. The van der Waals surface area contributed by atoms with E-state index in [9.17, 15) is 4.79 Å². The van der Waals surface area contributed by atoms with Gasteiger partial charge in [0.15, 0.2) is 0 Å². The van der Waals surface area contributed by atoms with Crippen LogP contribution >= 0.6 is 0 Å². The Morgan fingerprint density at radius 2 is 1.90 bits per heavy atom. The van der Waals surface area contributed by atoms with Crippen LogP contribution in [-0.2, 0) is 11.2 Å². The molecule has 116 valence electrons. The summed E-state index contributed by atoms with van der Waals surface area (Å²) in [6.45, 7) is 7.87. The Kier molecular flexibility index (Phi) is 5.80. The lowest BCUT2D eigenvalue weighted by molar-refractivity contribution is -0.129. The number of nitrogens with zero attached hydrogens (tertiary/aromatic N) is 1. The van der Waals surface area contributed by atoms with Gasteiger partial charge in [0.1, 0.15) is 0 Å². The molecule has 3 heteroatoms. The molecule has 0 spiro atoms. The first-order valence-corrected chi connectivity index (χ1v) is 8.20. The van der Waals surface area contributed by atoms with Crippen LogP contribution in [0.15, 0.2) is 24.3 Å². The molecule has 1 atom stereocenters. The Labute approximate surface area is 128 Å². The molecule has 1 aromatic rings. The third-order valence-corrected chi connectivity index (χ3v) is 4.44. The van der Waals surface area contributed by atoms with Gasteiger partial charge in [-0.15, -0.1) is 0 Å². The molecule has 0 saturated carbocycles. The Morgan fingerprint density at radius 1 is 1.29 bits per heavy atom. The molecule has 0 aromatic heterocycles. The molecule has 1 aliphatic heterocycles. The van der Waals surface area contributed by atoms with Crippen LogP contribution in [-0.4, -0.2) is 29.9 Å². The number of amides is 1. The molecular weight excluding hydrogens is 260 g/mol. The fraction of sp³-hybridized carbons (Fsp3) is 0.611. The molecule has 1 aromatic carbocycles. The van der Waals surface area contributed by atoms with Gasteiger partial charge in [0.25, 0.3) is 0 Å². The van der Waals surface area contributed by atoms with Crippen molar-refractivity contribution in [3.05, 3.63) is 35.4 Å². The number of rotatable bonds is 5. The maximum Gasteiger partial charge on any atom is 0.219 e. The molecular formula is C18H28N2O. The summed E-state index contributed by atoms with van der Waals surface area (Å²) in [7, 11) is 0. The van der Waals surface area contributed by atoms with Crippen molar-refractivity contribution in [3.8, 4) is 0 Å². The maximum absolute atomic E-state index is 11.3. The van der Waals surface area contributed by atoms with E-state index in [1.54, 1.807) is 6.92 Å². The zero-order valence-electron chi connectivity index (χ0n) is 13.6. The minimum Gasteiger partial charge on any atom is -0.343 e. The molecule has 2 rings (SSSR count). The zero-order valence-corrected chi connectivity index (χ0v) is 13.6. The fourth-order valence-corrected chi connectivity index (χ4v) is 3.07. The zero-order chi connectivity index (χ0) is 15.2. The van der Waals surface area contributed by atoms with Crippen molar-refractivity contribution in [2.45, 2.75) is 58.5 Å². The quantitative estimate of drug-likeness (QED) is 0.901. The number of hydrogen-bond acceptors (Lipinski definition) is 2. The minimum absolute atomic E-state index is 0.202. The predicted octanol–water partition coefficient (Wildman–Crippen LogP) is 3.30. The highest BCUT2D eigenvalue weighted by atomic mass is 16.2. The van der Waals surface area contributed by atoms with E-state index in [4.69, 9.17) is 0 Å². The van der Waals surface area contributed by atoms with Gasteiger partial charge in [-0.3, -0.25) is 4.79 Å². The second kappa shape index (κ2) is 7.60. The summed E-state index contributed by atoms with van der Waals surface area (Å²) in [5, 5.41) is 3.71. The summed E-state index contributed by atoms with van der Waals surface area (Å²) >= 11 is 0. The van der Waals surface area contributed by atoms with Gasteiger partial charge < -0.3 is 10.2 Å². The topological polar surface area (TPSA) is 32.3 Å². The average Bonchev–Trinajstić information content (AvgIpc) is 2.49. The fourth-order valence-electron chi connectivity index (χ4n) is 3.07. The van der Waals surface area contributed by atoms with Crippen LogP contribution in [0.3, 0.4) is 0 Å². The minimum atomic E-state index is 0.202. The van der Waals surface area contributed by atoms with Gasteiger partial charge in [-0.05, 0) is 37.3 Å². The number of piperidine rings is 1. The molecule has 21 heavy (non-hydrogen) atoms. The van der Waals surface area contributed by atoms with E-state index in [0.29, 0.717) is 12.1 Å². The smallest absolute Gasteiger partial charge is 0.219 e. The Bertz CT molecular complexity index is 447. The Hall–Kier alpha value is -1.35. The van der Waals surface area contributed by atoms with Crippen LogP contribution in [0.4, 0.5) is 0 Å². The van der Waals surface area contributed by atoms with Gasteiger partial charge in [0.05, 0.1) is 0 Å². The lowest BCUT2D eigenvalue weighted by Gasteiger charge is -2.33. The van der Waals surface area contributed by atoms with E-state index < -0.39 is 0 Å². The van der Waals surface area contributed by atoms with Gasteiger partial charge in [-0.25, -0.2) is 0 Å². The van der Waals surface area contributed by atoms with Crippen molar-refractivity contribution >= 4 is 5.91 Å². The number of carbonyl (C=O) groups is 1. The molecule has 1 aliphatic rings. The standard InChI is InChI=1S/C18H28N2O/c1-4-5-16-6-8-17(9-7-16)14(2)19-18-10-12-20(13-11-18)15(3)21/h6-9,14,18-19H,4-5,10-13H2,1-3H3. The van der Waals surface area contributed by atoms with Gasteiger partial charge in [-0.2, -0.15) is 0 Å². The number of aryl methyl sites for hydroxylation is 1. The van der Waals surface area contributed by atoms with Crippen LogP contribution < -0.4 is 5.32 Å². The first kappa shape index (κ1) is 16.0. The lowest BCUT2D eigenvalue weighted by atomic mass is 10.00. The second-order valence-electron chi connectivity index (χ2n) is 6.16. The number of carbonyl (C=O) groups excluding carboxylic acids is 1. The van der Waals surface area contributed by atoms with Crippen LogP contribution in [0, 0.1) is 0 Å². The monoisotopic (exact) mass is 288 g/mol. The molecule has 0 radical (unpaired) electrons. The van der Waals surface area contributed by atoms with E-state index >= 15 is 0 Å². The van der Waals surface area contributed by atoms with Crippen molar-refractivity contribution in [1.82, 2.24) is 10.2 Å². The molecule has 1 amide bonds. The van der Waals surface area contributed by atoms with Gasteiger partial charge >= 0.3 is 0 Å². The Balaban J connectivity index is 1.84. The van der Waals surface area contributed by atoms with Crippen molar-refractivity contribution in [2.75, 3.05) is 13.1 Å². The molecule has 1 fully saturated rings. The molecule has 1 saturated heterocycles. The molecule has 1 N–H and O–H groups in total. The number of likely N-dealkylation sites (tertiary alicyclic amines) is 1. The number of hydrogen-bond donors (Lipinski definition) is 1. The van der Waals surface area contributed by atoms with E-state index in [-0.39, 0.29) is 5.91 Å². The summed E-state index contributed by atoms with van der Waals surface area (Å²) in [6, 6.07) is 9.87. The first-order chi connectivity index (χ1) is 10.1. The first-order valence-electron chi connectivity index (χ1n) is 8.20. The van der Waals surface area contributed by atoms with Crippen molar-refractivity contribution in [2.24, 2.45) is 0 Å². The summed E-state index contributed by atoms with van der Waals surface area (Å²) in [5.41, 5.74) is 2.77. The largest absolute Gasteiger partial charge is 0.343 e. The number of nitrogens with one attached hydrogen (secondary N) is 1. The third kappa shape index (κ3) is 4.57. The molecule has 1 heterocycles. The van der Waals surface area contributed by atoms with E-state index in [1.807, 2.05) is 4.90 Å². The van der Waals surface area contributed by atoms with Crippen LogP contribution in [0.5, 0.6) is 0 Å². The van der Waals surface area contributed by atoms with Crippen LogP contribution in [0.25, 0.3) is 0 Å². The summed E-state index contributed by atoms with van der Waals surface area (Å²) in [5.74, 6) is 0.202. The van der Waals surface area contributed by atoms with E-state index in [2.05, 4.69) is 43.4 Å². The highest BCUT2D eigenvalue weighted by Gasteiger charge is 2.21. The predicted molar refractivity (Wildman–Crippen MR) is 87.3 cm³/mol. The van der Waals surface area contributed by atoms with Gasteiger partial charge in [0.2, 0.25) is 5.91 Å². The highest BCUT2D eigenvalue weighted by Crippen LogP contribution is 2.18. The summed E-state index contributed by atoms with van der Waals surface area (Å²) in [4.78, 5) is 13.3. The van der Waals surface area contributed by atoms with Crippen molar-refractivity contribution in [3.63, 3.8) is 0 Å². The summed E-state index contributed by atoms with van der Waals surface area (Å²) in [6.07, 6.45) is 4.46. The summed E-state index contributed by atoms with van der Waals surface area (Å²) < 4.78 is 0.